The van der Waals surface area contributed by atoms with Crippen molar-refractivity contribution in [3.63, 3.8) is 0 Å². The van der Waals surface area contributed by atoms with E-state index in [1.54, 1.807) is 11.8 Å². The van der Waals surface area contributed by atoms with E-state index in [2.05, 4.69) is 146 Å². The van der Waals surface area contributed by atoms with Crippen LogP contribution >= 0.6 is 19.0 Å². The minimum atomic E-state index is -2.42. The molecule has 0 radical (unpaired) electrons. The molecule has 6 rings (SSSR count). The Labute approximate surface area is 228 Å². The van der Waals surface area contributed by atoms with Gasteiger partial charge in [0.05, 0.1) is 0 Å². The maximum atomic E-state index is 6.69. The Bertz CT molecular complexity index is 1520. The Hall–Kier alpha value is -3.91. The van der Waals surface area contributed by atoms with E-state index >= 15 is 0 Å². The van der Waals surface area contributed by atoms with Crippen molar-refractivity contribution in [2.24, 2.45) is 0 Å². The summed E-state index contributed by atoms with van der Waals surface area (Å²) in [5, 5.41) is 4.57. The highest BCUT2D eigenvalue weighted by Crippen LogP contribution is 2.56. The lowest BCUT2D eigenvalue weighted by Crippen LogP contribution is -2.40. The molecule has 0 unspecified atom stereocenters. The standard InChI is InChI=1S/C34H27NOPS/c1-26-22-24-27(25-23-26)32-35-33(34(36-32)38-31-20-12-5-13-21-31)37(28-14-6-2-7-15-28,29-16-8-3-9-17-29)30-18-10-4-11-19-30/h2-25H,1H3/q+1. The maximum absolute atomic E-state index is 6.69. The monoisotopic (exact) mass is 528 g/mol. The summed E-state index contributed by atoms with van der Waals surface area (Å²) in [7, 11) is -2.42. The number of benzene rings is 5. The van der Waals surface area contributed by atoms with Crippen LogP contribution in [0.25, 0.3) is 11.5 Å². The van der Waals surface area contributed by atoms with E-state index in [1.165, 1.54) is 21.5 Å². The van der Waals surface area contributed by atoms with E-state index in [4.69, 9.17) is 9.40 Å². The molecule has 0 atom stereocenters. The van der Waals surface area contributed by atoms with Crippen molar-refractivity contribution in [3.8, 4) is 11.5 Å². The summed E-state index contributed by atoms with van der Waals surface area (Å²) in [6.07, 6.45) is 0. The van der Waals surface area contributed by atoms with Crippen molar-refractivity contribution in [2.75, 3.05) is 0 Å². The zero-order valence-electron chi connectivity index (χ0n) is 21.1. The third-order valence-corrected chi connectivity index (χ3v) is 11.9. The summed E-state index contributed by atoms with van der Waals surface area (Å²) in [5.41, 5.74) is 3.17. The van der Waals surface area contributed by atoms with Crippen LogP contribution in [0.1, 0.15) is 5.56 Å². The fourth-order valence-electron chi connectivity index (χ4n) is 4.76. The highest BCUT2D eigenvalue weighted by atomic mass is 32.2. The second kappa shape index (κ2) is 10.8. The van der Waals surface area contributed by atoms with Gasteiger partial charge >= 0.3 is 0 Å². The van der Waals surface area contributed by atoms with Gasteiger partial charge in [-0.2, -0.15) is 4.98 Å². The Balaban J connectivity index is 1.69. The van der Waals surface area contributed by atoms with Crippen molar-refractivity contribution in [2.45, 2.75) is 16.9 Å². The van der Waals surface area contributed by atoms with Crippen LogP contribution < -0.4 is 21.3 Å². The molecular weight excluding hydrogens is 501 g/mol. The summed E-state index contributed by atoms with van der Waals surface area (Å²) in [6, 6.07) is 51.2. The van der Waals surface area contributed by atoms with E-state index in [0.29, 0.717) is 5.89 Å². The molecule has 0 saturated heterocycles. The highest BCUT2D eigenvalue weighted by Gasteiger charge is 2.53. The minimum Gasteiger partial charge on any atom is -0.425 e. The largest absolute Gasteiger partial charge is 0.425 e. The van der Waals surface area contributed by atoms with Gasteiger partial charge in [0.15, 0.2) is 7.26 Å². The number of oxazole rings is 1. The molecular formula is C34H27NOPS+. The number of nitrogens with zero attached hydrogens (tertiary/aromatic N) is 1. The van der Waals surface area contributed by atoms with Gasteiger partial charge < -0.3 is 4.42 Å². The first-order valence-electron chi connectivity index (χ1n) is 12.6. The predicted octanol–water partition coefficient (Wildman–Crippen LogP) is 7.42. The lowest BCUT2D eigenvalue weighted by atomic mass is 10.1. The van der Waals surface area contributed by atoms with Crippen molar-refractivity contribution in [1.82, 2.24) is 4.98 Å². The van der Waals surface area contributed by atoms with E-state index in [1.807, 2.05) is 6.07 Å². The van der Waals surface area contributed by atoms with Crippen molar-refractivity contribution in [1.29, 1.82) is 0 Å². The summed E-state index contributed by atoms with van der Waals surface area (Å²) in [6.45, 7) is 2.10. The summed E-state index contributed by atoms with van der Waals surface area (Å²) in [4.78, 5) is 6.49. The van der Waals surface area contributed by atoms with E-state index in [9.17, 15) is 0 Å². The van der Waals surface area contributed by atoms with Gasteiger partial charge in [0.25, 0.3) is 5.44 Å². The molecule has 0 amide bonds. The Kier molecular flexibility index (Phi) is 6.96. The molecule has 0 aliphatic heterocycles. The average molecular weight is 529 g/mol. The van der Waals surface area contributed by atoms with Crippen molar-refractivity contribution < 1.29 is 4.42 Å². The second-order valence-electron chi connectivity index (χ2n) is 9.09. The smallest absolute Gasteiger partial charge is 0.251 e. The first-order valence-corrected chi connectivity index (χ1v) is 15.2. The van der Waals surface area contributed by atoms with Crippen LogP contribution in [-0.2, 0) is 0 Å². The summed E-state index contributed by atoms with van der Waals surface area (Å²) in [5.74, 6) is 0.644. The van der Waals surface area contributed by atoms with E-state index in [0.717, 1.165) is 21.0 Å². The second-order valence-corrected chi connectivity index (χ2v) is 13.4. The number of hydrogen-bond acceptors (Lipinski definition) is 3. The molecule has 1 heterocycles. The number of rotatable bonds is 7. The van der Waals surface area contributed by atoms with E-state index in [-0.39, 0.29) is 0 Å². The molecule has 6 aromatic rings. The van der Waals surface area contributed by atoms with Crippen LogP contribution in [0.5, 0.6) is 0 Å². The topological polar surface area (TPSA) is 26.0 Å². The summed E-state index contributed by atoms with van der Waals surface area (Å²) >= 11 is 1.64. The lowest BCUT2D eigenvalue weighted by Gasteiger charge is -2.25. The van der Waals surface area contributed by atoms with Gasteiger partial charge in [-0.05, 0) is 79.3 Å². The van der Waals surface area contributed by atoms with Crippen LogP contribution in [0.2, 0.25) is 0 Å². The van der Waals surface area contributed by atoms with Crippen LogP contribution in [0.4, 0.5) is 0 Å². The van der Waals surface area contributed by atoms with Gasteiger partial charge in [0, 0.05) is 10.5 Å². The minimum absolute atomic E-state index is 0.644. The zero-order valence-corrected chi connectivity index (χ0v) is 22.8. The number of aryl methyl sites for hydroxylation is 1. The fourth-order valence-corrected chi connectivity index (χ4v) is 10.1. The molecule has 0 spiro atoms. The quantitative estimate of drug-likeness (QED) is 0.202. The molecule has 0 bridgehead atoms. The molecule has 4 heteroatoms. The first kappa shape index (κ1) is 24.4. The van der Waals surface area contributed by atoms with Gasteiger partial charge in [-0.15, -0.1) is 0 Å². The molecule has 0 saturated carbocycles. The van der Waals surface area contributed by atoms with Crippen LogP contribution in [0.3, 0.4) is 0 Å². The Morgan fingerprint density at radius 2 is 1.00 bits per heavy atom. The predicted molar refractivity (Wildman–Crippen MR) is 162 cm³/mol. The first-order chi connectivity index (χ1) is 18.7. The van der Waals surface area contributed by atoms with Crippen LogP contribution in [0, 0.1) is 6.92 Å². The van der Waals surface area contributed by atoms with Gasteiger partial charge in [-0.25, -0.2) is 0 Å². The molecule has 1 aromatic heterocycles. The molecule has 5 aromatic carbocycles. The maximum Gasteiger partial charge on any atom is 0.251 e. The van der Waals surface area contributed by atoms with Crippen molar-refractivity contribution in [3.05, 3.63) is 151 Å². The highest BCUT2D eigenvalue weighted by molar-refractivity contribution is 8.04. The third kappa shape index (κ3) is 4.60. The SMILES string of the molecule is Cc1ccc(-c2nc([P+](c3ccccc3)(c3ccccc3)c3ccccc3)c(Sc3ccccc3)o2)cc1. The van der Waals surface area contributed by atoms with Gasteiger partial charge in [-0.1, -0.05) is 90.5 Å². The van der Waals surface area contributed by atoms with Crippen LogP contribution in [-0.4, -0.2) is 4.98 Å². The van der Waals surface area contributed by atoms with Gasteiger partial charge in [-0.3, -0.25) is 0 Å². The van der Waals surface area contributed by atoms with Crippen molar-refractivity contribution >= 4 is 40.4 Å². The molecule has 0 fully saturated rings. The molecule has 184 valence electrons. The molecule has 0 aliphatic carbocycles. The zero-order chi connectivity index (χ0) is 25.8. The third-order valence-electron chi connectivity index (χ3n) is 6.58. The molecule has 2 nitrogen and oxygen atoms in total. The molecule has 0 N–H and O–H groups in total. The molecule has 0 aliphatic rings. The fraction of sp³-hybridized carbons (Fsp3) is 0.0294. The van der Waals surface area contributed by atoms with Gasteiger partial charge in [0.1, 0.15) is 15.9 Å². The normalized spacial score (nSPS) is 11.4. The summed E-state index contributed by atoms with van der Waals surface area (Å²) < 4.78 is 6.69. The Morgan fingerprint density at radius 1 is 0.553 bits per heavy atom. The number of aromatic nitrogens is 1. The number of hydrogen-bond donors (Lipinski definition) is 0. The molecule has 38 heavy (non-hydrogen) atoms. The van der Waals surface area contributed by atoms with Crippen LogP contribution in [0.15, 0.2) is 160 Å². The Morgan fingerprint density at radius 3 is 1.47 bits per heavy atom. The average Bonchev–Trinajstić information content (AvgIpc) is 3.40. The van der Waals surface area contributed by atoms with E-state index < -0.39 is 7.26 Å². The lowest BCUT2D eigenvalue weighted by molar-refractivity contribution is 0.487. The van der Waals surface area contributed by atoms with Gasteiger partial charge in [0.2, 0.25) is 11.0 Å².